The molecule has 0 spiro atoms. The van der Waals surface area contributed by atoms with Crippen molar-refractivity contribution in [2.45, 2.75) is 51.7 Å². The second-order valence-corrected chi connectivity index (χ2v) is 14.3. The van der Waals surface area contributed by atoms with Crippen molar-refractivity contribution >= 4 is 37.6 Å². The number of nitro benzene ring substituents is 1. The Bertz CT molecular complexity index is 987. The van der Waals surface area contributed by atoms with Crippen LogP contribution in [0.2, 0.25) is 19.6 Å². The lowest BCUT2D eigenvalue weighted by atomic mass is 9.83. The molecule has 0 aromatic heterocycles. The van der Waals surface area contributed by atoms with E-state index in [0.29, 0.717) is 16.9 Å². The fourth-order valence-electron chi connectivity index (χ4n) is 4.05. The summed E-state index contributed by atoms with van der Waals surface area (Å²) in [6.45, 7) is 7.91. The van der Waals surface area contributed by atoms with Crippen LogP contribution in [-0.2, 0) is 25.4 Å². The molecule has 0 saturated carbocycles. The smallest absolute Gasteiger partial charge is 0.356 e. The number of hydrogen-bond donors (Lipinski definition) is 1. The third-order valence-electron chi connectivity index (χ3n) is 5.34. The summed E-state index contributed by atoms with van der Waals surface area (Å²) < 4.78 is 11.6. The largest absolute Gasteiger partial charge is 0.456 e. The van der Waals surface area contributed by atoms with Crippen molar-refractivity contribution < 1.29 is 28.8 Å². The summed E-state index contributed by atoms with van der Waals surface area (Å²) >= 11 is 1.29. The molecule has 1 amide bonds. The van der Waals surface area contributed by atoms with Crippen molar-refractivity contribution in [3.05, 3.63) is 62.0 Å². The molecule has 11 heteroatoms. The number of nitrogens with zero attached hydrogens (tertiary/aromatic N) is 2. The fourth-order valence-corrected chi connectivity index (χ4v) is 6.22. The number of aliphatic hydroxyl groups excluding tert-OH is 1. The zero-order valence-electron chi connectivity index (χ0n) is 19.0. The molecule has 2 aliphatic rings. The molecule has 178 valence electrons. The molecule has 1 aromatic carbocycles. The number of ether oxygens (including phenoxy) is 1. The predicted octanol–water partition coefficient (Wildman–Crippen LogP) is 3.56. The van der Waals surface area contributed by atoms with Gasteiger partial charge in [-0.05, 0) is 49.7 Å². The second kappa shape index (κ2) is 10.2. The molecular weight excluding hydrogens is 464 g/mol. The van der Waals surface area contributed by atoms with Crippen LogP contribution in [0.15, 0.2) is 46.4 Å². The first kappa shape index (κ1) is 25.2. The highest BCUT2D eigenvalue weighted by molar-refractivity contribution is 8.05. The van der Waals surface area contributed by atoms with E-state index in [2.05, 4.69) is 19.6 Å². The summed E-state index contributed by atoms with van der Waals surface area (Å²) in [6, 6.07) is 5.57. The number of hydrogen-bond acceptors (Lipinski definition) is 8. The summed E-state index contributed by atoms with van der Waals surface area (Å²) in [4.78, 5) is 38.5. The molecule has 3 rings (SSSR count). The van der Waals surface area contributed by atoms with E-state index in [1.165, 1.54) is 40.9 Å². The van der Waals surface area contributed by atoms with E-state index in [1.807, 2.05) is 6.92 Å². The molecule has 1 aromatic rings. The minimum Gasteiger partial charge on any atom is -0.456 e. The highest BCUT2D eigenvalue weighted by atomic mass is 32.2. The first-order valence-corrected chi connectivity index (χ1v) is 14.9. The van der Waals surface area contributed by atoms with E-state index in [-0.39, 0.29) is 48.6 Å². The third kappa shape index (κ3) is 5.72. The number of carbonyl (C=O) groups is 2. The molecule has 33 heavy (non-hydrogen) atoms. The maximum atomic E-state index is 13.0. The molecule has 1 saturated heterocycles. The van der Waals surface area contributed by atoms with Gasteiger partial charge in [-0.15, -0.1) is 11.8 Å². The van der Waals surface area contributed by atoms with Gasteiger partial charge in [-0.3, -0.25) is 14.9 Å². The summed E-state index contributed by atoms with van der Waals surface area (Å²) in [7, 11) is -1.84. The van der Waals surface area contributed by atoms with Gasteiger partial charge in [0.25, 0.3) is 5.69 Å². The lowest BCUT2D eigenvalue weighted by molar-refractivity contribution is -0.384. The number of carbonyl (C=O) groups excluding carboxylic acids is 2. The van der Waals surface area contributed by atoms with Gasteiger partial charge < -0.3 is 19.2 Å². The van der Waals surface area contributed by atoms with E-state index < -0.39 is 19.2 Å². The number of non-ortho nitro benzene ring substituents is 1. The highest BCUT2D eigenvalue weighted by Gasteiger charge is 2.57. The number of benzene rings is 1. The summed E-state index contributed by atoms with van der Waals surface area (Å²) in [5, 5.41) is 21.5. The van der Waals surface area contributed by atoms with Gasteiger partial charge in [-0.1, -0.05) is 6.08 Å². The zero-order chi connectivity index (χ0) is 24.3. The average molecular weight is 493 g/mol. The van der Waals surface area contributed by atoms with Crippen molar-refractivity contribution in [2.75, 3.05) is 6.61 Å². The van der Waals surface area contributed by atoms with E-state index in [0.717, 1.165) is 0 Å². The van der Waals surface area contributed by atoms with Crippen LogP contribution in [0.1, 0.15) is 18.9 Å². The number of β-lactam (4-membered cyclic amide) rings is 1. The quantitative estimate of drug-likeness (QED) is 0.173. The number of rotatable bonds is 10. The van der Waals surface area contributed by atoms with Gasteiger partial charge in [0.1, 0.15) is 12.3 Å². The predicted molar refractivity (Wildman–Crippen MR) is 126 cm³/mol. The Balaban J connectivity index is 1.74. The Morgan fingerprint density at radius 1 is 1.36 bits per heavy atom. The first-order valence-electron chi connectivity index (χ1n) is 10.6. The van der Waals surface area contributed by atoms with E-state index >= 15 is 0 Å². The molecular formula is C22H28N2O7SSi. The van der Waals surface area contributed by atoms with Crippen LogP contribution in [-0.4, -0.2) is 53.9 Å². The average Bonchev–Trinajstić information content (AvgIpc) is 3.05. The summed E-state index contributed by atoms with van der Waals surface area (Å²) in [6.07, 6.45) is 1.82. The molecule has 1 fully saturated rings. The van der Waals surface area contributed by atoms with Gasteiger partial charge in [0.05, 0.1) is 29.6 Å². The number of fused-ring (bicyclic) bond motifs is 1. The minimum atomic E-state index is -1.84. The molecule has 0 bridgehead atoms. The van der Waals surface area contributed by atoms with Gasteiger partial charge in [0.15, 0.2) is 8.32 Å². The fraction of sp³-hybridized carbons (Fsp3) is 0.455. The topological polar surface area (TPSA) is 119 Å². The number of aliphatic hydroxyl groups is 1. The van der Waals surface area contributed by atoms with Crippen molar-refractivity contribution in [2.24, 2.45) is 5.92 Å². The zero-order valence-corrected chi connectivity index (χ0v) is 20.8. The Kier molecular flexibility index (Phi) is 7.78. The summed E-state index contributed by atoms with van der Waals surface area (Å²) in [5.41, 5.74) is 0.770. The second-order valence-electron chi connectivity index (χ2n) is 8.88. The summed E-state index contributed by atoms with van der Waals surface area (Å²) in [5.74, 6) is -1.11. The molecule has 1 N–H and O–H groups in total. The number of amides is 1. The van der Waals surface area contributed by atoms with Crippen LogP contribution in [0.4, 0.5) is 5.69 Å². The van der Waals surface area contributed by atoms with Crippen molar-refractivity contribution in [3.8, 4) is 0 Å². The van der Waals surface area contributed by atoms with Crippen molar-refractivity contribution in [1.29, 1.82) is 0 Å². The SMILES string of the molecule is C[C@@H](O[Si](C)(C)C)[C@H]1C(=O)N2C(C(=O)OCc3ccc([N+](=O)[O-])cc3)=C(SC=CCO)C[C@H]12. The Labute approximate surface area is 197 Å². The van der Waals surface area contributed by atoms with Gasteiger partial charge in [-0.2, -0.15) is 0 Å². The van der Waals surface area contributed by atoms with Gasteiger partial charge in [-0.25, -0.2) is 4.79 Å². The Morgan fingerprint density at radius 2 is 2.03 bits per heavy atom. The van der Waals surface area contributed by atoms with Crippen molar-refractivity contribution in [1.82, 2.24) is 4.90 Å². The van der Waals surface area contributed by atoms with Gasteiger partial charge in [0.2, 0.25) is 5.91 Å². The van der Waals surface area contributed by atoms with Gasteiger partial charge in [0, 0.05) is 23.5 Å². The Morgan fingerprint density at radius 3 is 2.61 bits per heavy atom. The number of esters is 1. The maximum absolute atomic E-state index is 13.0. The molecule has 9 nitrogen and oxygen atoms in total. The lowest BCUT2D eigenvalue weighted by Crippen LogP contribution is -2.63. The molecule has 0 radical (unpaired) electrons. The molecule has 2 aliphatic heterocycles. The standard InChI is InChI=1S/C22H28N2O7SSi/c1-14(31-33(2,3)4)19-17-12-18(32-11-5-10-25)20(23(17)21(19)26)22(27)30-13-15-6-8-16(9-7-15)24(28)29/h5-9,11,14,17,19,25H,10,12-13H2,1-4H3/t14-,17-,19-/m1/s1. The minimum absolute atomic E-state index is 0.0485. The maximum Gasteiger partial charge on any atom is 0.356 e. The van der Waals surface area contributed by atoms with Crippen LogP contribution in [0.3, 0.4) is 0 Å². The van der Waals surface area contributed by atoms with Crippen molar-refractivity contribution in [3.63, 3.8) is 0 Å². The Hall–Kier alpha value is -2.47. The number of nitro groups is 1. The molecule has 3 atom stereocenters. The van der Waals surface area contributed by atoms with Crippen LogP contribution >= 0.6 is 11.8 Å². The molecule has 2 heterocycles. The van der Waals surface area contributed by atoms with Crippen LogP contribution in [0.25, 0.3) is 0 Å². The van der Waals surface area contributed by atoms with Crippen LogP contribution in [0, 0.1) is 16.0 Å². The van der Waals surface area contributed by atoms with Crippen LogP contribution in [0.5, 0.6) is 0 Å². The number of thioether (sulfide) groups is 1. The lowest BCUT2D eigenvalue weighted by Gasteiger charge is -2.47. The van der Waals surface area contributed by atoms with E-state index in [1.54, 1.807) is 11.5 Å². The normalized spacial score (nSPS) is 21.2. The van der Waals surface area contributed by atoms with Gasteiger partial charge >= 0.3 is 5.97 Å². The monoisotopic (exact) mass is 492 g/mol. The first-order chi connectivity index (χ1) is 15.5. The highest BCUT2D eigenvalue weighted by Crippen LogP contribution is 2.48. The third-order valence-corrected chi connectivity index (χ3v) is 7.39. The molecule has 0 unspecified atom stereocenters. The molecule has 0 aliphatic carbocycles. The van der Waals surface area contributed by atoms with E-state index in [4.69, 9.17) is 14.3 Å². The van der Waals surface area contributed by atoms with Crippen LogP contribution < -0.4 is 0 Å². The van der Waals surface area contributed by atoms with E-state index in [9.17, 15) is 19.7 Å².